The van der Waals surface area contributed by atoms with Crippen molar-refractivity contribution in [3.8, 4) is 0 Å². The molecule has 1 N–H and O–H groups in total. The zero-order valence-corrected chi connectivity index (χ0v) is 11.8. The van der Waals surface area contributed by atoms with Gasteiger partial charge in [-0.1, -0.05) is 0 Å². The summed E-state index contributed by atoms with van der Waals surface area (Å²) in [6, 6.07) is 0.780. The number of carboxylic acids is 1. The molecule has 4 rings (SSSR count). The lowest BCUT2D eigenvalue weighted by atomic mass is 10.1. The Kier molecular flexibility index (Phi) is 2.46. The average Bonchev–Trinajstić information content (AvgIpc) is 2.86. The third-order valence-corrected chi connectivity index (χ3v) is 5.54. The van der Waals surface area contributed by atoms with Crippen LogP contribution in [0.25, 0.3) is 15.7 Å². The zero-order chi connectivity index (χ0) is 14.9. The Balaban J connectivity index is 2.42. The number of thiazole rings is 1. The standard InChI is InChI=1S/C13H5F2NO3S2/c14-6-1-5-9-11(8(6)15)20-2-4-3-21-12(16(4)9)7(10(5)17)13(18)19/h1,3H,2H2,(H,18,19). The first kappa shape index (κ1) is 12.8. The first-order valence-electron chi connectivity index (χ1n) is 5.83. The number of rotatable bonds is 1. The summed E-state index contributed by atoms with van der Waals surface area (Å²) in [6.45, 7) is 0. The van der Waals surface area contributed by atoms with E-state index < -0.39 is 28.6 Å². The van der Waals surface area contributed by atoms with E-state index in [9.17, 15) is 23.5 Å². The summed E-state index contributed by atoms with van der Waals surface area (Å²) in [4.78, 5) is 24.0. The van der Waals surface area contributed by atoms with Gasteiger partial charge in [-0.15, -0.1) is 23.1 Å². The molecule has 0 amide bonds. The largest absolute Gasteiger partial charge is 0.477 e. The molecule has 0 unspecified atom stereocenters. The summed E-state index contributed by atoms with van der Waals surface area (Å²) in [5.74, 6) is -3.12. The Bertz CT molecular complexity index is 1020. The van der Waals surface area contributed by atoms with Gasteiger partial charge >= 0.3 is 5.97 Å². The molecule has 0 fully saturated rings. The van der Waals surface area contributed by atoms with Crippen LogP contribution in [0.5, 0.6) is 0 Å². The molecule has 1 aliphatic heterocycles. The molecule has 0 radical (unpaired) electrons. The predicted molar refractivity (Wildman–Crippen MR) is 75.5 cm³/mol. The van der Waals surface area contributed by atoms with Gasteiger partial charge in [0.25, 0.3) is 0 Å². The maximum atomic E-state index is 14.0. The number of thioether (sulfide) groups is 1. The topological polar surface area (TPSA) is 58.8 Å². The number of aromatic nitrogens is 1. The summed E-state index contributed by atoms with van der Waals surface area (Å²) in [7, 11) is 0. The van der Waals surface area contributed by atoms with Crippen LogP contribution in [0.3, 0.4) is 0 Å². The molecule has 3 heterocycles. The Morgan fingerprint density at radius 2 is 2.14 bits per heavy atom. The molecule has 8 heteroatoms. The van der Waals surface area contributed by atoms with Gasteiger partial charge in [-0.2, -0.15) is 0 Å². The fourth-order valence-corrected chi connectivity index (χ4v) is 4.78. The molecular formula is C13H5F2NO3S2. The van der Waals surface area contributed by atoms with Crippen LogP contribution < -0.4 is 5.43 Å². The van der Waals surface area contributed by atoms with E-state index in [2.05, 4.69) is 0 Å². The van der Waals surface area contributed by atoms with Gasteiger partial charge in [0, 0.05) is 16.8 Å². The minimum Gasteiger partial charge on any atom is -0.477 e. The normalized spacial score (nSPS) is 13.4. The summed E-state index contributed by atoms with van der Waals surface area (Å²) < 4.78 is 29.2. The number of carbonyl (C=O) groups is 1. The van der Waals surface area contributed by atoms with Crippen molar-refractivity contribution in [3.63, 3.8) is 0 Å². The van der Waals surface area contributed by atoms with Crippen LogP contribution in [0.2, 0.25) is 0 Å². The summed E-state index contributed by atoms with van der Waals surface area (Å²) >= 11 is 2.23. The third-order valence-electron chi connectivity index (χ3n) is 3.43. The summed E-state index contributed by atoms with van der Waals surface area (Å²) in [5.41, 5.74) is -0.159. The highest BCUT2D eigenvalue weighted by Gasteiger charge is 2.28. The quantitative estimate of drug-likeness (QED) is 0.747. The van der Waals surface area contributed by atoms with Gasteiger partial charge in [-0.25, -0.2) is 13.6 Å². The van der Waals surface area contributed by atoms with E-state index in [1.54, 1.807) is 9.78 Å². The molecule has 21 heavy (non-hydrogen) atoms. The molecule has 3 aromatic rings. The van der Waals surface area contributed by atoms with Crippen LogP contribution >= 0.6 is 23.1 Å². The molecule has 0 bridgehead atoms. The molecule has 2 aromatic heterocycles. The van der Waals surface area contributed by atoms with Crippen molar-refractivity contribution in [1.29, 1.82) is 0 Å². The van der Waals surface area contributed by atoms with Crippen LogP contribution in [0.1, 0.15) is 16.1 Å². The van der Waals surface area contributed by atoms with Gasteiger partial charge in [-0.3, -0.25) is 4.79 Å². The van der Waals surface area contributed by atoms with Gasteiger partial charge in [0.05, 0.1) is 15.8 Å². The number of halogens is 2. The maximum absolute atomic E-state index is 14.0. The second-order valence-corrected chi connectivity index (χ2v) is 6.41. The highest BCUT2D eigenvalue weighted by atomic mass is 32.2. The van der Waals surface area contributed by atoms with Gasteiger partial charge in [0.1, 0.15) is 10.4 Å². The molecule has 0 aliphatic carbocycles. The van der Waals surface area contributed by atoms with Gasteiger partial charge in [0.2, 0.25) is 5.43 Å². The van der Waals surface area contributed by atoms with E-state index in [1.807, 2.05) is 0 Å². The van der Waals surface area contributed by atoms with Crippen molar-refractivity contribution in [2.24, 2.45) is 0 Å². The predicted octanol–water partition coefficient (Wildman–Crippen LogP) is 3.10. The minimum absolute atomic E-state index is 0.0555. The summed E-state index contributed by atoms with van der Waals surface area (Å²) in [6.07, 6.45) is 0. The molecule has 106 valence electrons. The average molecular weight is 325 g/mol. The Morgan fingerprint density at radius 3 is 2.86 bits per heavy atom. The molecule has 0 saturated carbocycles. The van der Waals surface area contributed by atoms with E-state index in [1.165, 1.54) is 0 Å². The van der Waals surface area contributed by atoms with Crippen molar-refractivity contribution >= 4 is 44.8 Å². The van der Waals surface area contributed by atoms with Gasteiger partial charge in [-0.05, 0) is 6.07 Å². The number of hydrogen-bond donors (Lipinski definition) is 1. The molecule has 1 aliphatic rings. The van der Waals surface area contributed by atoms with Crippen LogP contribution in [0.15, 0.2) is 21.1 Å². The molecule has 1 aromatic carbocycles. The smallest absolute Gasteiger partial charge is 0.342 e. The van der Waals surface area contributed by atoms with Crippen molar-refractivity contribution in [2.75, 3.05) is 0 Å². The second kappa shape index (κ2) is 4.05. The number of carboxylic acid groups (broad SMARTS) is 1. The van der Waals surface area contributed by atoms with Crippen molar-refractivity contribution in [3.05, 3.63) is 44.6 Å². The zero-order valence-electron chi connectivity index (χ0n) is 10.1. The van der Waals surface area contributed by atoms with Crippen molar-refractivity contribution < 1.29 is 18.7 Å². The fourth-order valence-electron chi connectivity index (χ4n) is 2.56. The number of hydrogen-bond acceptors (Lipinski definition) is 4. The van der Waals surface area contributed by atoms with Crippen LogP contribution in [-0.2, 0) is 5.75 Å². The third kappa shape index (κ3) is 1.48. The number of nitrogens with zero attached hydrogens (tertiary/aromatic N) is 1. The SMILES string of the molecule is O=C(O)c1c(=O)c2cc(F)c(F)c3c2n2c(csc12)CS3. The lowest BCUT2D eigenvalue weighted by molar-refractivity contribution is 0.0697. The lowest BCUT2D eigenvalue weighted by Crippen LogP contribution is -2.19. The summed E-state index contributed by atoms with van der Waals surface area (Å²) in [5, 5.41) is 10.9. The number of pyridine rings is 1. The Hall–Kier alpha value is -1.93. The van der Waals surface area contributed by atoms with E-state index >= 15 is 0 Å². The Morgan fingerprint density at radius 1 is 1.38 bits per heavy atom. The van der Waals surface area contributed by atoms with E-state index in [0.29, 0.717) is 5.75 Å². The van der Waals surface area contributed by atoms with Crippen molar-refractivity contribution in [2.45, 2.75) is 10.6 Å². The Labute approximate surface area is 123 Å². The maximum Gasteiger partial charge on any atom is 0.342 e. The van der Waals surface area contributed by atoms with E-state index in [4.69, 9.17) is 0 Å². The number of aromatic carboxylic acids is 1. The lowest BCUT2D eigenvalue weighted by Gasteiger charge is -2.17. The van der Waals surface area contributed by atoms with Crippen LogP contribution in [0, 0.1) is 11.6 Å². The molecule has 0 saturated heterocycles. The second-order valence-electron chi connectivity index (χ2n) is 4.56. The molecule has 0 atom stereocenters. The number of benzene rings is 1. The monoisotopic (exact) mass is 325 g/mol. The van der Waals surface area contributed by atoms with Crippen LogP contribution in [0.4, 0.5) is 8.78 Å². The van der Waals surface area contributed by atoms with E-state index in [0.717, 1.165) is 34.9 Å². The van der Waals surface area contributed by atoms with Crippen molar-refractivity contribution in [1.82, 2.24) is 4.40 Å². The minimum atomic E-state index is -1.37. The van der Waals surface area contributed by atoms with Crippen LogP contribution in [-0.4, -0.2) is 15.5 Å². The highest BCUT2D eigenvalue weighted by Crippen LogP contribution is 2.40. The molecule has 4 nitrogen and oxygen atoms in total. The highest BCUT2D eigenvalue weighted by molar-refractivity contribution is 7.98. The first-order valence-corrected chi connectivity index (χ1v) is 7.70. The first-order chi connectivity index (χ1) is 10.0. The molecular weight excluding hydrogens is 320 g/mol. The molecule has 0 spiro atoms. The van der Waals surface area contributed by atoms with Gasteiger partial charge < -0.3 is 9.51 Å². The van der Waals surface area contributed by atoms with Gasteiger partial charge in [0.15, 0.2) is 11.6 Å². The fraction of sp³-hybridized carbons (Fsp3) is 0.0769. The van der Waals surface area contributed by atoms with E-state index in [-0.39, 0.29) is 20.6 Å².